The van der Waals surface area contributed by atoms with Crippen LogP contribution in [0.25, 0.3) is 0 Å². The van der Waals surface area contributed by atoms with Crippen LogP contribution in [0, 0.1) is 11.7 Å². The lowest BCUT2D eigenvalue weighted by Gasteiger charge is -2.32. The first-order chi connectivity index (χ1) is 15.6. The molecule has 2 fully saturated rings. The van der Waals surface area contributed by atoms with Gasteiger partial charge in [-0.3, -0.25) is 9.59 Å². The average molecular weight is 441 g/mol. The van der Waals surface area contributed by atoms with Gasteiger partial charge in [-0.05, 0) is 68.1 Å². The molecule has 4 rings (SSSR count). The van der Waals surface area contributed by atoms with E-state index < -0.39 is 0 Å². The summed E-state index contributed by atoms with van der Waals surface area (Å²) in [6.45, 7) is 3.37. The van der Waals surface area contributed by atoms with Gasteiger partial charge in [-0.15, -0.1) is 0 Å². The molecule has 32 heavy (non-hydrogen) atoms. The van der Waals surface area contributed by atoms with Crippen LogP contribution in [0.5, 0.6) is 11.5 Å². The van der Waals surface area contributed by atoms with Crippen LogP contribution < -0.4 is 9.47 Å². The molecule has 0 N–H and O–H groups in total. The summed E-state index contributed by atoms with van der Waals surface area (Å²) in [4.78, 5) is 28.8. The zero-order valence-corrected chi connectivity index (χ0v) is 18.2. The molecule has 2 aliphatic heterocycles. The molecule has 2 saturated heterocycles. The number of piperidine rings is 1. The lowest BCUT2D eigenvalue weighted by Crippen LogP contribution is -2.43. The maximum absolute atomic E-state index is 13.0. The number of nitrogens with zero attached hydrogens (tertiary/aromatic N) is 2. The van der Waals surface area contributed by atoms with E-state index in [0.717, 1.165) is 38.8 Å². The highest BCUT2D eigenvalue weighted by Crippen LogP contribution is 2.21. The first-order valence-corrected chi connectivity index (χ1v) is 11.3. The van der Waals surface area contributed by atoms with E-state index >= 15 is 0 Å². The maximum atomic E-state index is 13.0. The summed E-state index contributed by atoms with van der Waals surface area (Å²) >= 11 is 0. The van der Waals surface area contributed by atoms with Crippen molar-refractivity contribution in [2.75, 3.05) is 39.4 Å². The number of ether oxygens (including phenoxy) is 2. The van der Waals surface area contributed by atoms with Crippen molar-refractivity contribution in [2.24, 2.45) is 5.92 Å². The SMILES string of the molecule is O=C(COc1ccc(F)cc1)N1CCC[C@H](COc2cccc(C(=O)N3CCCC3)c2)C1. The molecule has 7 heteroatoms. The van der Waals surface area contributed by atoms with Gasteiger partial charge < -0.3 is 19.3 Å². The lowest BCUT2D eigenvalue weighted by molar-refractivity contribution is -0.135. The molecule has 0 bridgehead atoms. The number of hydrogen-bond donors (Lipinski definition) is 0. The van der Waals surface area contributed by atoms with Gasteiger partial charge >= 0.3 is 0 Å². The van der Waals surface area contributed by atoms with Gasteiger partial charge in [0, 0.05) is 37.7 Å². The van der Waals surface area contributed by atoms with E-state index in [4.69, 9.17) is 9.47 Å². The fourth-order valence-corrected chi connectivity index (χ4v) is 4.23. The summed E-state index contributed by atoms with van der Waals surface area (Å²) < 4.78 is 24.5. The number of carbonyl (C=O) groups is 2. The number of halogens is 1. The van der Waals surface area contributed by atoms with E-state index in [1.54, 1.807) is 4.90 Å². The van der Waals surface area contributed by atoms with Crippen molar-refractivity contribution in [1.82, 2.24) is 9.80 Å². The molecule has 0 aliphatic carbocycles. The normalized spacial score (nSPS) is 18.5. The average Bonchev–Trinajstić information content (AvgIpc) is 3.37. The Bertz CT molecular complexity index is 928. The van der Waals surface area contributed by atoms with Crippen LogP contribution in [0.2, 0.25) is 0 Å². The molecule has 2 amide bonds. The number of likely N-dealkylation sites (tertiary alicyclic amines) is 2. The molecule has 6 nitrogen and oxygen atoms in total. The standard InChI is InChI=1S/C25H29FN2O4/c26-21-8-10-22(11-9-21)32-18-24(29)28-14-4-5-19(16-28)17-31-23-7-3-6-20(15-23)25(30)27-12-1-2-13-27/h3,6-11,15,19H,1-2,4-5,12-14,16-18H2/t19-/m0/s1. The third-order valence-electron chi connectivity index (χ3n) is 6.01. The fourth-order valence-electron chi connectivity index (χ4n) is 4.23. The highest BCUT2D eigenvalue weighted by Gasteiger charge is 2.25. The molecular formula is C25H29FN2O4. The number of benzene rings is 2. The van der Waals surface area contributed by atoms with Crippen LogP contribution in [0.1, 0.15) is 36.0 Å². The molecule has 0 aromatic heterocycles. The van der Waals surface area contributed by atoms with Gasteiger partial charge in [0.25, 0.3) is 11.8 Å². The van der Waals surface area contributed by atoms with Gasteiger partial charge in [0.2, 0.25) is 0 Å². The Morgan fingerprint density at radius 2 is 1.66 bits per heavy atom. The number of hydrogen-bond acceptors (Lipinski definition) is 4. The third kappa shape index (κ3) is 5.78. The summed E-state index contributed by atoms with van der Waals surface area (Å²) in [6, 6.07) is 13.0. The van der Waals surface area contributed by atoms with E-state index in [0.29, 0.717) is 36.8 Å². The van der Waals surface area contributed by atoms with Gasteiger partial charge in [-0.2, -0.15) is 0 Å². The molecule has 170 valence electrons. The van der Waals surface area contributed by atoms with E-state index in [-0.39, 0.29) is 30.2 Å². The van der Waals surface area contributed by atoms with Gasteiger partial charge in [0.15, 0.2) is 6.61 Å². The van der Waals surface area contributed by atoms with Crippen molar-refractivity contribution in [3.8, 4) is 11.5 Å². The van der Waals surface area contributed by atoms with Crippen LogP contribution in [0.15, 0.2) is 48.5 Å². The molecule has 2 aromatic rings. The monoisotopic (exact) mass is 440 g/mol. The molecule has 2 aliphatic rings. The second-order valence-corrected chi connectivity index (χ2v) is 8.43. The Hall–Kier alpha value is -3.09. The first-order valence-electron chi connectivity index (χ1n) is 11.3. The summed E-state index contributed by atoms with van der Waals surface area (Å²) in [6.07, 6.45) is 4.01. The van der Waals surface area contributed by atoms with Crippen molar-refractivity contribution in [3.63, 3.8) is 0 Å². The number of amides is 2. The molecule has 0 saturated carbocycles. The molecular weight excluding hydrogens is 411 g/mol. The zero-order chi connectivity index (χ0) is 22.3. The predicted molar refractivity (Wildman–Crippen MR) is 118 cm³/mol. The van der Waals surface area contributed by atoms with E-state index in [1.165, 1.54) is 24.3 Å². The molecule has 1 atom stereocenters. The lowest BCUT2D eigenvalue weighted by atomic mass is 9.99. The van der Waals surface area contributed by atoms with Gasteiger partial charge in [-0.1, -0.05) is 6.07 Å². The Balaban J connectivity index is 1.26. The first kappa shape index (κ1) is 22.1. The minimum atomic E-state index is -0.339. The van der Waals surface area contributed by atoms with E-state index in [9.17, 15) is 14.0 Å². The maximum Gasteiger partial charge on any atom is 0.260 e. The van der Waals surface area contributed by atoms with Crippen molar-refractivity contribution < 1.29 is 23.5 Å². The highest BCUT2D eigenvalue weighted by atomic mass is 19.1. The van der Waals surface area contributed by atoms with Crippen LogP contribution in [0.3, 0.4) is 0 Å². The van der Waals surface area contributed by atoms with Crippen LogP contribution in [-0.2, 0) is 4.79 Å². The van der Waals surface area contributed by atoms with Crippen molar-refractivity contribution >= 4 is 11.8 Å². The summed E-state index contributed by atoms with van der Waals surface area (Å²) in [5.41, 5.74) is 0.655. The van der Waals surface area contributed by atoms with Gasteiger partial charge in [0.05, 0.1) is 6.61 Å². The second-order valence-electron chi connectivity index (χ2n) is 8.43. The Morgan fingerprint density at radius 1 is 0.906 bits per heavy atom. The Labute approximate surface area is 187 Å². The van der Waals surface area contributed by atoms with Crippen LogP contribution in [-0.4, -0.2) is 61.0 Å². The number of rotatable bonds is 7. The van der Waals surface area contributed by atoms with Crippen molar-refractivity contribution in [3.05, 3.63) is 59.9 Å². The minimum Gasteiger partial charge on any atom is -0.493 e. The quantitative estimate of drug-likeness (QED) is 0.658. The predicted octanol–water partition coefficient (Wildman–Crippen LogP) is 3.76. The van der Waals surface area contributed by atoms with Crippen LogP contribution >= 0.6 is 0 Å². The summed E-state index contributed by atoms with van der Waals surface area (Å²) in [7, 11) is 0. The Kier molecular flexibility index (Phi) is 7.24. The number of carbonyl (C=O) groups excluding carboxylic acids is 2. The molecule has 0 unspecified atom stereocenters. The van der Waals surface area contributed by atoms with Gasteiger partial charge in [-0.25, -0.2) is 4.39 Å². The molecule has 0 radical (unpaired) electrons. The van der Waals surface area contributed by atoms with Crippen molar-refractivity contribution in [1.29, 1.82) is 0 Å². The summed E-state index contributed by atoms with van der Waals surface area (Å²) in [5.74, 6) is 1.00. The van der Waals surface area contributed by atoms with E-state index in [2.05, 4.69) is 0 Å². The second kappa shape index (κ2) is 10.5. The zero-order valence-electron chi connectivity index (χ0n) is 18.2. The van der Waals surface area contributed by atoms with Crippen molar-refractivity contribution in [2.45, 2.75) is 25.7 Å². The van der Waals surface area contributed by atoms with E-state index in [1.807, 2.05) is 29.2 Å². The molecule has 2 heterocycles. The molecule has 2 aromatic carbocycles. The highest BCUT2D eigenvalue weighted by molar-refractivity contribution is 5.94. The fraction of sp³-hybridized carbons (Fsp3) is 0.440. The third-order valence-corrected chi connectivity index (χ3v) is 6.01. The summed E-state index contributed by atoms with van der Waals surface area (Å²) in [5, 5.41) is 0. The topological polar surface area (TPSA) is 59.1 Å². The van der Waals surface area contributed by atoms with Crippen LogP contribution in [0.4, 0.5) is 4.39 Å². The molecule has 0 spiro atoms. The van der Waals surface area contributed by atoms with Gasteiger partial charge in [0.1, 0.15) is 17.3 Å². The largest absolute Gasteiger partial charge is 0.493 e. The minimum absolute atomic E-state index is 0.0588. The Morgan fingerprint density at radius 3 is 2.44 bits per heavy atom. The smallest absolute Gasteiger partial charge is 0.260 e.